The van der Waals surface area contributed by atoms with E-state index in [2.05, 4.69) is 43.0 Å². The van der Waals surface area contributed by atoms with Crippen molar-refractivity contribution in [1.29, 1.82) is 0 Å². The van der Waals surface area contributed by atoms with Crippen LogP contribution in [0.1, 0.15) is 24.1 Å². The maximum atomic E-state index is 13.4. The van der Waals surface area contributed by atoms with Crippen LogP contribution in [0.2, 0.25) is 0 Å². The van der Waals surface area contributed by atoms with Gasteiger partial charge in [-0.25, -0.2) is 4.39 Å². The van der Waals surface area contributed by atoms with E-state index in [0.29, 0.717) is 6.54 Å². The highest BCUT2D eigenvalue weighted by molar-refractivity contribution is 5.49. The van der Waals surface area contributed by atoms with Crippen LogP contribution in [0.5, 0.6) is 0 Å². The molecule has 20 heavy (non-hydrogen) atoms. The predicted octanol–water partition coefficient (Wildman–Crippen LogP) is 3.66. The number of halogens is 1. The first-order chi connectivity index (χ1) is 9.65. The smallest absolute Gasteiger partial charge is 0.125 e. The third-order valence-electron chi connectivity index (χ3n) is 3.54. The first kappa shape index (κ1) is 14.5. The van der Waals surface area contributed by atoms with E-state index in [1.54, 1.807) is 12.1 Å². The van der Waals surface area contributed by atoms with E-state index in [-0.39, 0.29) is 11.9 Å². The summed E-state index contributed by atoms with van der Waals surface area (Å²) in [4.78, 5) is 2.13. The minimum absolute atomic E-state index is 0.0578. The number of nitrogens with zero attached hydrogens (tertiary/aromatic N) is 1. The fourth-order valence-corrected chi connectivity index (χ4v) is 2.47. The summed E-state index contributed by atoms with van der Waals surface area (Å²) in [7, 11) is 0. The lowest BCUT2D eigenvalue weighted by atomic mass is 10.0. The summed E-state index contributed by atoms with van der Waals surface area (Å²) in [5.41, 5.74) is 9.20. The van der Waals surface area contributed by atoms with Crippen LogP contribution in [0.3, 0.4) is 0 Å². The van der Waals surface area contributed by atoms with Gasteiger partial charge in [0.1, 0.15) is 5.82 Å². The molecule has 0 saturated heterocycles. The Kier molecular flexibility index (Phi) is 4.74. The molecule has 0 radical (unpaired) electrons. The maximum Gasteiger partial charge on any atom is 0.125 e. The molecule has 3 heteroatoms. The SMILES string of the molecule is CCN(c1cccc(F)c1)C(CN)c1ccc(C)cc1. The Morgan fingerprint density at radius 3 is 2.40 bits per heavy atom. The Hall–Kier alpha value is -1.87. The minimum atomic E-state index is -0.222. The molecule has 0 aliphatic rings. The van der Waals surface area contributed by atoms with E-state index in [1.165, 1.54) is 11.6 Å². The van der Waals surface area contributed by atoms with Crippen molar-refractivity contribution < 1.29 is 4.39 Å². The molecule has 106 valence electrons. The average Bonchev–Trinajstić information content (AvgIpc) is 2.46. The molecule has 2 rings (SSSR count). The van der Waals surface area contributed by atoms with Crippen molar-refractivity contribution in [3.63, 3.8) is 0 Å². The quantitative estimate of drug-likeness (QED) is 0.900. The fourth-order valence-electron chi connectivity index (χ4n) is 2.47. The Morgan fingerprint density at radius 1 is 1.15 bits per heavy atom. The van der Waals surface area contributed by atoms with Gasteiger partial charge in [-0.1, -0.05) is 35.9 Å². The molecule has 0 aromatic heterocycles. The van der Waals surface area contributed by atoms with Crippen molar-refractivity contribution in [1.82, 2.24) is 0 Å². The van der Waals surface area contributed by atoms with Crippen LogP contribution in [0.4, 0.5) is 10.1 Å². The van der Waals surface area contributed by atoms with Gasteiger partial charge in [0.05, 0.1) is 6.04 Å². The molecular formula is C17H21FN2. The van der Waals surface area contributed by atoms with Crippen LogP contribution in [-0.2, 0) is 0 Å². The van der Waals surface area contributed by atoms with Gasteiger partial charge in [-0.3, -0.25) is 0 Å². The largest absolute Gasteiger partial charge is 0.363 e. The lowest BCUT2D eigenvalue weighted by Crippen LogP contribution is -2.33. The Labute approximate surface area is 120 Å². The monoisotopic (exact) mass is 272 g/mol. The molecule has 0 spiro atoms. The Balaban J connectivity index is 2.34. The molecule has 2 nitrogen and oxygen atoms in total. The van der Waals surface area contributed by atoms with Gasteiger partial charge in [0.25, 0.3) is 0 Å². The van der Waals surface area contributed by atoms with Crippen molar-refractivity contribution in [3.05, 3.63) is 65.5 Å². The fraction of sp³-hybridized carbons (Fsp3) is 0.294. The van der Waals surface area contributed by atoms with Crippen LogP contribution >= 0.6 is 0 Å². The highest BCUT2D eigenvalue weighted by Gasteiger charge is 2.18. The van der Waals surface area contributed by atoms with Crippen LogP contribution in [0.15, 0.2) is 48.5 Å². The minimum Gasteiger partial charge on any atom is -0.363 e. The number of aryl methyl sites for hydroxylation is 1. The molecule has 2 aromatic rings. The predicted molar refractivity (Wildman–Crippen MR) is 82.4 cm³/mol. The molecular weight excluding hydrogens is 251 g/mol. The van der Waals surface area contributed by atoms with Gasteiger partial charge in [0, 0.05) is 18.8 Å². The molecule has 1 atom stereocenters. The van der Waals surface area contributed by atoms with Gasteiger partial charge >= 0.3 is 0 Å². The van der Waals surface area contributed by atoms with Crippen molar-refractivity contribution in [3.8, 4) is 0 Å². The second kappa shape index (κ2) is 6.53. The zero-order chi connectivity index (χ0) is 14.5. The molecule has 0 aliphatic carbocycles. The molecule has 0 fully saturated rings. The lowest BCUT2D eigenvalue weighted by molar-refractivity contribution is 0.616. The van der Waals surface area contributed by atoms with E-state index in [1.807, 2.05) is 6.07 Å². The molecule has 0 bridgehead atoms. The van der Waals surface area contributed by atoms with Gasteiger partial charge in [-0.15, -0.1) is 0 Å². The van der Waals surface area contributed by atoms with Crippen molar-refractivity contribution >= 4 is 5.69 Å². The standard InChI is InChI=1S/C17H21FN2/c1-3-20(16-6-4-5-15(18)11-16)17(12-19)14-9-7-13(2)8-10-14/h4-11,17H,3,12,19H2,1-2H3. The number of anilines is 1. The highest BCUT2D eigenvalue weighted by Crippen LogP contribution is 2.27. The van der Waals surface area contributed by atoms with Crippen LogP contribution < -0.4 is 10.6 Å². The lowest BCUT2D eigenvalue weighted by Gasteiger charge is -2.32. The summed E-state index contributed by atoms with van der Waals surface area (Å²) in [5.74, 6) is -0.222. The van der Waals surface area contributed by atoms with Gasteiger partial charge in [0.2, 0.25) is 0 Å². The second-order valence-corrected chi connectivity index (χ2v) is 4.93. The second-order valence-electron chi connectivity index (χ2n) is 4.93. The summed E-state index contributed by atoms with van der Waals surface area (Å²) in [5, 5.41) is 0. The zero-order valence-electron chi connectivity index (χ0n) is 12.0. The summed E-state index contributed by atoms with van der Waals surface area (Å²) in [6.45, 7) is 5.39. The Bertz CT molecular complexity index is 551. The Morgan fingerprint density at radius 2 is 1.85 bits per heavy atom. The highest BCUT2D eigenvalue weighted by atomic mass is 19.1. The van der Waals surface area contributed by atoms with Gasteiger partial charge in [0.15, 0.2) is 0 Å². The van der Waals surface area contributed by atoms with Crippen molar-refractivity contribution in [2.45, 2.75) is 19.9 Å². The van der Waals surface area contributed by atoms with Crippen LogP contribution in [0, 0.1) is 12.7 Å². The van der Waals surface area contributed by atoms with Crippen LogP contribution in [-0.4, -0.2) is 13.1 Å². The summed E-state index contributed by atoms with van der Waals surface area (Å²) in [6.07, 6.45) is 0. The van der Waals surface area contributed by atoms with E-state index >= 15 is 0 Å². The molecule has 2 aromatic carbocycles. The first-order valence-corrected chi connectivity index (χ1v) is 6.94. The van der Waals surface area contributed by atoms with Gasteiger partial charge < -0.3 is 10.6 Å². The molecule has 0 saturated carbocycles. The third-order valence-corrected chi connectivity index (χ3v) is 3.54. The number of rotatable bonds is 5. The third kappa shape index (κ3) is 3.17. The molecule has 1 unspecified atom stereocenters. The summed E-state index contributed by atoms with van der Waals surface area (Å²) < 4.78 is 13.4. The molecule has 2 N–H and O–H groups in total. The number of likely N-dealkylation sites (N-methyl/N-ethyl adjacent to an activating group) is 1. The van der Waals surface area contributed by atoms with E-state index in [4.69, 9.17) is 5.73 Å². The number of nitrogens with two attached hydrogens (primary N) is 1. The summed E-state index contributed by atoms with van der Waals surface area (Å²) >= 11 is 0. The van der Waals surface area contributed by atoms with E-state index in [9.17, 15) is 4.39 Å². The van der Waals surface area contributed by atoms with E-state index < -0.39 is 0 Å². The average molecular weight is 272 g/mol. The van der Waals surface area contributed by atoms with Crippen molar-refractivity contribution in [2.75, 3.05) is 18.0 Å². The first-order valence-electron chi connectivity index (χ1n) is 6.94. The molecule has 0 amide bonds. The van der Waals surface area contributed by atoms with Crippen molar-refractivity contribution in [2.24, 2.45) is 5.73 Å². The normalized spacial score (nSPS) is 12.2. The van der Waals surface area contributed by atoms with Crippen LogP contribution in [0.25, 0.3) is 0 Å². The topological polar surface area (TPSA) is 29.3 Å². The molecule has 0 aliphatic heterocycles. The van der Waals surface area contributed by atoms with E-state index in [0.717, 1.165) is 17.8 Å². The number of hydrogen-bond acceptors (Lipinski definition) is 2. The van der Waals surface area contributed by atoms with Gasteiger partial charge in [-0.2, -0.15) is 0 Å². The maximum absolute atomic E-state index is 13.4. The summed E-state index contributed by atoms with van der Waals surface area (Å²) in [6, 6.07) is 15.1. The zero-order valence-corrected chi connectivity index (χ0v) is 12.0. The number of benzene rings is 2. The molecule has 0 heterocycles. The number of hydrogen-bond donors (Lipinski definition) is 1. The van der Waals surface area contributed by atoms with Gasteiger partial charge in [-0.05, 0) is 37.6 Å².